The van der Waals surface area contributed by atoms with Crippen LogP contribution in [-0.2, 0) is 6.42 Å². The highest BCUT2D eigenvalue weighted by atomic mass is 35.5. The Balaban J connectivity index is 2.16. The Kier molecular flexibility index (Phi) is 3.31. The summed E-state index contributed by atoms with van der Waals surface area (Å²) in [4.78, 5) is 15.6. The van der Waals surface area contributed by atoms with Gasteiger partial charge >= 0.3 is 5.76 Å². The monoisotopic (exact) mass is 240 g/mol. The van der Waals surface area contributed by atoms with Crippen molar-refractivity contribution in [1.29, 1.82) is 0 Å². The lowest BCUT2D eigenvalue weighted by Gasteiger charge is -2.11. The summed E-state index contributed by atoms with van der Waals surface area (Å²) in [6.07, 6.45) is 0.895. The summed E-state index contributed by atoms with van der Waals surface area (Å²) in [5.74, 6) is -0.412. The van der Waals surface area contributed by atoms with E-state index >= 15 is 0 Å². The number of aromatic nitrogens is 1. The van der Waals surface area contributed by atoms with Crippen molar-refractivity contribution in [2.45, 2.75) is 6.42 Å². The number of fused-ring (bicyclic) bond motifs is 1. The Morgan fingerprint density at radius 3 is 3.06 bits per heavy atom. The van der Waals surface area contributed by atoms with Crippen molar-refractivity contribution in [3.05, 3.63) is 34.3 Å². The maximum atomic E-state index is 11.0. The van der Waals surface area contributed by atoms with E-state index in [1.807, 2.05) is 30.1 Å². The minimum atomic E-state index is -0.412. The van der Waals surface area contributed by atoms with Crippen molar-refractivity contribution in [2.24, 2.45) is 0 Å². The number of alkyl halides is 1. The summed E-state index contributed by atoms with van der Waals surface area (Å²) in [5, 5.41) is 0. The summed E-state index contributed by atoms with van der Waals surface area (Å²) >= 11 is 5.68. The van der Waals surface area contributed by atoms with Gasteiger partial charge < -0.3 is 4.42 Å². The normalized spacial score (nSPS) is 11.4. The van der Waals surface area contributed by atoms with Gasteiger partial charge in [-0.1, -0.05) is 6.07 Å². The Morgan fingerprint density at radius 2 is 2.31 bits per heavy atom. The molecule has 16 heavy (non-hydrogen) atoms. The second-order valence-corrected chi connectivity index (χ2v) is 4.03. The van der Waals surface area contributed by atoms with Crippen LogP contribution in [0.1, 0.15) is 5.56 Å². The highest BCUT2D eigenvalue weighted by Crippen LogP contribution is 2.12. The molecular formula is C11H13ClN2O2. The fourth-order valence-corrected chi connectivity index (χ4v) is 1.65. The molecule has 0 aliphatic carbocycles. The van der Waals surface area contributed by atoms with E-state index < -0.39 is 5.76 Å². The lowest BCUT2D eigenvalue weighted by atomic mass is 10.1. The average molecular weight is 241 g/mol. The molecule has 1 N–H and O–H groups in total. The van der Waals surface area contributed by atoms with Crippen LogP contribution in [0.25, 0.3) is 11.1 Å². The molecule has 0 aliphatic heterocycles. The van der Waals surface area contributed by atoms with Crippen LogP contribution in [0.4, 0.5) is 0 Å². The van der Waals surface area contributed by atoms with Crippen LogP contribution in [-0.4, -0.2) is 29.5 Å². The molecule has 0 amide bonds. The first-order valence-electron chi connectivity index (χ1n) is 5.05. The first kappa shape index (κ1) is 11.2. The first-order chi connectivity index (χ1) is 7.69. The predicted molar refractivity (Wildman–Crippen MR) is 63.9 cm³/mol. The van der Waals surface area contributed by atoms with Crippen molar-refractivity contribution in [3.63, 3.8) is 0 Å². The van der Waals surface area contributed by atoms with Gasteiger partial charge in [-0.25, -0.2) is 4.79 Å². The smallest absolute Gasteiger partial charge is 0.408 e. The van der Waals surface area contributed by atoms with Gasteiger partial charge in [-0.15, -0.1) is 11.6 Å². The van der Waals surface area contributed by atoms with Crippen LogP contribution in [0, 0.1) is 0 Å². The molecule has 1 aromatic carbocycles. The average Bonchev–Trinajstić information content (AvgIpc) is 2.65. The quantitative estimate of drug-likeness (QED) is 0.655. The summed E-state index contributed by atoms with van der Waals surface area (Å²) in [5.41, 5.74) is 2.50. The van der Waals surface area contributed by atoms with E-state index in [0.717, 1.165) is 24.0 Å². The highest BCUT2D eigenvalue weighted by Gasteiger charge is 2.03. The molecule has 0 atom stereocenters. The van der Waals surface area contributed by atoms with Gasteiger partial charge in [0.05, 0.1) is 11.5 Å². The summed E-state index contributed by atoms with van der Waals surface area (Å²) in [6.45, 7) is 0.886. The first-order valence-corrected chi connectivity index (χ1v) is 5.59. The van der Waals surface area contributed by atoms with E-state index in [2.05, 4.69) is 4.98 Å². The van der Waals surface area contributed by atoms with Crippen LogP contribution in [0.15, 0.2) is 27.4 Å². The number of nitrogens with zero attached hydrogens (tertiary/aromatic N) is 1. The molecular weight excluding hydrogens is 228 g/mol. The fourth-order valence-electron chi connectivity index (χ4n) is 1.53. The molecule has 0 fully saturated rings. The molecule has 0 aliphatic rings. The summed E-state index contributed by atoms with van der Waals surface area (Å²) < 4.78 is 4.93. The summed E-state index contributed by atoms with van der Waals surface area (Å²) in [6, 6.07) is 6.22. The molecule has 2 aromatic rings. The van der Waals surface area contributed by atoms with Crippen molar-refractivity contribution < 1.29 is 4.42 Å². The van der Waals surface area contributed by atoms with E-state index in [1.54, 1.807) is 0 Å². The standard InChI is InChI=1S/C11H13ClN2O2/c1-14(7-12)5-4-8-2-3-10-9(6-8)13-11(15)16-10/h2-3,6H,4-5,7H2,1H3,(H,13,15). The van der Waals surface area contributed by atoms with Crippen molar-refractivity contribution >= 4 is 22.7 Å². The minimum absolute atomic E-state index is 0.412. The van der Waals surface area contributed by atoms with Crippen molar-refractivity contribution in [1.82, 2.24) is 9.88 Å². The van der Waals surface area contributed by atoms with Gasteiger partial charge in [-0.2, -0.15) is 0 Å². The molecule has 0 unspecified atom stereocenters. The molecule has 0 bridgehead atoms. The highest BCUT2D eigenvalue weighted by molar-refractivity contribution is 6.17. The Morgan fingerprint density at radius 1 is 1.50 bits per heavy atom. The van der Waals surface area contributed by atoms with Gasteiger partial charge in [0, 0.05) is 6.54 Å². The number of nitrogens with one attached hydrogen (secondary N) is 1. The predicted octanol–water partition coefficient (Wildman–Crippen LogP) is 1.79. The van der Waals surface area contributed by atoms with Crippen molar-refractivity contribution in [2.75, 3.05) is 19.6 Å². The third-order valence-corrected chi connectivity index (χ3v) is 2.88. The van der Waals surface area contributed by atoms with Crippen LogP contribution < -0.4 is 5.76 Å². The SMILES string of the molecule is CN(CCl)CCc1ccc2oc(=O)[nH]c2c1. The molecule has 0 saturated heterocycles. The number of hydrogen-bond donors (Lipinski definition) is 1. The molecule has 4 nitrogen and oxygen atoms in total. The lowest BCUT2D eigenvalue weighted by Crippen LogP contribution is -2.19. The van der Waals surface area contributed by atoms with E-state index in [-0.39, 0.29) is 0 Å². The zero-order valence-electron chi connectivity index (χ0n) is 9.00. The minimum Gasteiger partial charge on any atom is -0.408 e. The fraction of sp³-hybridized carbons (Fsp3) is 0.364. The number of oxazole rings is 1. The Labute approximate surface area is 97.8 Å². The number of H-pyrrole nitrogens is 1. The number of hydrogen-bond acceptors (Lipinski definition) is 3. The van der Waals surface area contributed by atoms with Gasteiger partial charge in [-0.3, -0.25) is 9.88 Å². The van der Waals surface area contributed by atoms with E-state index in [0.29, 0.717) is 11.6 Å². The van der Waals surface area contributed by atoms with E-state index in [4.69, 9.17) is 16.0 Å². The Hall–Kier alpha value is -1.26. The molecule has 0 spiro atoms. The third-order valence-electron chi connectivity index (χ3n) is 2.47. The molecule has 5 heteroatoms. The molecule has 1 heterocycles. The molecule has 2 rings (SSSR count). The maximum Gasteiger partial charge on any atom is 0.417 e. The van der Waals surface area contributed by atoms with Crippen LogP contribution in [0.3, 0.4) is 0 Å². The Bertz CT molecular complexity index is 532. The largest absolute Gasteiger partial charge is 0.417 e. The number of aromatic amines is 1. The number of benzene rings is 1. The lowest BCUT2D eigenvalue weighted by molar-refractivity contribution is 0.394. The van der Waals surface area contributed by atoms with Gasteiger partial charge in [0.2, 0.25) is 0 Å². The molecule has 86 valence electrons. The van der Waals surface area contributed by atoms with Gasteiger partial charge in [0.15, 0.2) is 5.58 Å². The van der Waals surface area contributed by atoms with Gasteiger partial charge in [-0.05, 0) is 31.2 Å². The second kappa shape index (κ2) is 4.72. The molecule has 0 saturated carbocycles. The van der Waals surface area contributed by atoms with Gasteiger partial charge in [0.25, 0.3) is 0 Å². The third kappa shape index (κ3) is 2.46. The van der Waals surface area contributed by atoms with Crippen LogP contribution >= 0.6 is 11.6 Å². The van der Waals surface area contributed by atoms with Gasteiger partial charge in [0.1, 0.15) is 0 Å². The van der Waals surface area contributed by atoms with Crippen molar-refractivity contribution in [3.8, 4) is 0 Å². The van der Waals surface area contributed by atoms with Crippen LogP contribution in [0.2, 0.25) is 0 Å². The number of likely N-dealkylation sites (N-methyl/N-ethyl adjacent to an activating group) is 1. The number of rotatable bonds is 4. The van der Waals surface area contributed by atoms with E-state index in [1.165, 1.54) is 0 Å². The summed E-state index contributed by atoms with van der Waals surface area (Å²) in [7, 11) is 1.96. The number of halogens is 1. The molecule has 0 radical (unpaired) electrons. The van der Waals surface area contributed by atoms with Crippen LogP contribution in [0.5, 0.6) is 0 Å². The maximum absolute atomic E-state index is 11.0. The topological polar surface area (TPSA) is 49.2 Å². The molecule has 1 aromatic heterocycles. The zero-order chi connectivity index (χ0) is 11.5. The second-order valence-electron chi connectivity index (χ2n) is 3.79. The van der Waals surface area contributed by atoms with E-state index in [9.17, 15) is 4.79 Å². The zero-order valence-corrected chi connectivity index (χ0v) is 9.75.